The Morgan fingerprint density at radius 1 is 1.42 bits per heavy atom. The van der Waals surface area contributed by atoms with Gasteiger partial charge in [-0.05, 0) is 30.5 Å². The van der Waals surface area contributed by atoms with Gasteiger partial charge in [-0.3, -0.25) is 19.7 Å². The Kier molecular flexibility index (Phi) is 7.92. The minimum atomic E-state index is -0.646. The number of carbonyl (C=O) groups is 1. The van der Waals surface area contributed by atoms with Crippen LogP contribution in [0.25, 0.3) is 0 Å². The second kappa shape index (κ2) is 10.4. The second-order valence-corrected chi connectivity index (χ2v) is 6.04. The summed E-state index contributed by atoms with van der Waals surface area (Å²) in [4.78, 5) is 22.2. The van der Waals surface area contributed by atoms with Crippen LogP contribution in [0.5, 0.6) is 0 Å². The number of aliphatic hydroxyl groups is 1. The van der Waals surface area contributed by atoms with E-state index >= 15 is 0 Å². The van der Waals surface area contributed by atoms with Gasteiger partial charge in [0.1, 0.15) is 5.71 Å². The molecule has 1 atom stereocenters. The first kappa shape index (κ1) is 19.8. The summed E-state index contributed by atoms with van der Waals surface area (Å²) in [5.74, 6) is -0.365. The van der Waals surface area contributed by atoms with Gasteiger partial charge in [0.05, 0.1) is 6.10 Å². The minimum Gasteiger partial charge on any atom is -0.390 e. The zero-order valence-electron chi connectivity index (χ0n) is 15.1. The second-order valence-electron chi connectivity index (χ2n) is 6.04. The fraction of sp³-hybridized carbons (Fsp3) is 0.350. The molecule has 0 aromatic heterocycles. The third-order valence-electron chi connectivity index (χ3n) is 4.11. The first-order valence-corrected chi connectivity index (χ1v) is 8.72. The maximum absolute atomic E-state index is 12.2. The first-order chi connectivity index (χ1) is 12.6. The van der Waals surface area contributed by atoms with Crippen LogP contribution in [0.4, 0.5) is 0 Å². The van der Waals surface area contributed by atoms with Crippen molar-refractivity contribution in [3.8, 4) is 0 Å². The highest BCUT2D eigenvalue weighted by Crippen LogP contribution is 2.18. The third kappa shape index (κ3) is 6.06. The molecule has 0 spiro atoms. The predicted molar refractivity (Wildman–Crippen MR) is 105 cm³/mol. The molecule has 26 heavy (non-hydrogen) atoms. The van der Waals surface area contributed by atoms with E-state index in [4.69, 9.17) is 0 Å². The van der Waals surface area contributed by atoms with Crippen molar-refractivity contribution >= 4 is 17.8 Å². The van der Waals surface area contributed by atoms with Gasteiger partial charge in [0.2, 0.25) is 0 Å². The lowest BCUT2D eigenvalue weighted by Gasteiger charge is -2.30. The van der Waals surface area contributed by atoms with E-state index in [9.17, 15) is 9.90 Å². The molecule has 0 radical (unpaired) electrons. The molecule has 1 aliphatic heterocycles. The van der Waals surface area contributed by atoms with Crippen LogP contribution in [-0.4, -0.2) is 53.6 Å². The highest BCUT2D eigenvalue weighted by atomic mass is 16.3. The summed E-state index contributed by atoms with van der Waals surface area (Å²) in [6.45, 7) is 7.69. The fourth-order valence-corrected chi connectivity index (χ4v) is 2.85. The standard InChI is InChI=1S/C20H26N4O2/c1-3-21-11-9-19(22-4-2)20(26)23-13-18(25)15-24-12-10-16-7-5-6-8-17(16)14-24/h3-9,11,18,25H,2,10,12-15H2,1H3,(H,23,26)/b11-9-,21-3?,22-19?/t18-/m1/s1. The number of benzene rings is 1. The molecule has 1 amide bonds. The maximum Gasteiger partial charge on any atom is 0.270 e. The Bertz CT molecular complexity index is 710. The molecule has 0 bridgehead atoms. The smallest absolute Gasteiger partial charge is 0.270 e. The molecule has 0 saturated carbocycles. The van der Waals surface area contributed by atoms with Gasteiger partial charge >= 0.3 is 0 Å². The van der Waals surface area contributed by atoms with Gasteiger partial charge < -0.3 is 10.4 Å². The topological polar surface area (TPSA) is 77.3 Å². The first-order valence-electron chi connectivity index (χ1n) is 8.72. The molecule has 0 unspecified atom stereocenters. The molecule has 138 valence electrons. The monoisotopic (exact) mass is 354 g/mol. The van der Waals surface area contributed by atoms with Crippen molar-refractivity contribution < 1.29 is 9.90 Å². The van der Waals surface area contributed by atoms with Crippen molar-refractivity contribution in [3.63, 3.8) is 0 Å². The number of nitrogens with zero attached hydrogens (tertiary/aromatic N) is 3. The van der Waals surface area contributed by atoms with Gasteiger partial charge in [-0.25, -0.2) is 0 Å². The molecule has 6 heteroatoms. The molecule has 0 aliphatic carbocycles. The average Bonchev–Trinajstić information content (AvgIpc) is 2.65. The molecule has 1 aliphatic rings. The zero-order valence-corrected chi connectivity index (χ0v) is 15.1. The van der Waals surface area contributed by atoms with Crippen LogP contribution >= 0.6 is 0 Å². The van der Waals surface area contributed by atoms with E-state index in [0.717, 1.165) is 19.5 Å². The minimum absolute atomic E-state index is 0.165. The molecule has 0 fully saturated rings. The summed E-state index contributed by atoms with van der Waals surface area (Å²) >= 11 is 0. The Labute approximate surface area is 154 Å². The van der Waals surface area contributed by atoms with Crippen LogP contribution in [0.15, 0.2) is 59.3 Å². The summed E-state index contributed by atoms with van der Waals surface area (Å²) in [6, 6.07) is 8.37. The van der Waals surface area contributed by atoms with Gasteiger partial charge in [0.25, 0.3) is 5.91 Å². The number of aliphatic imine (C=N–C) groups is 2. The van der Waals surface area contributed by atoms with Crippen molar-refractivity contribution in [1.29, 1.82) is 0 Å². The molecule has 1 aromatic rings. The van der Waals surface area contributed by atoms with E-state index in [1.54, 1.807) is 13.1 Å². The molecular formula is C20H26N4O2. The Hall–Kier alpha value is -2.57. The summed E-state index contributed by atoms with van der Waals surface area (Å²) in [6.07, 6.45) is 6.24. The van der Waals surface area contributed by atoms with Crippen molar-refractivity contribution in [2.24, 2.45) is 9.98 Å². The number of rotatable bonds is 8. The van der Waals surface area contributed by atoms with Crippen LogP contribution in [0.1, 0.15) is 18.1 Å². The largest absolute Gasteiger partial charge is 0.390 e. The van der Waals surface area contributed by atoms with Gasteiger partial charge in [-0.15, -0.1) is 0 Å². The van der Waals surface area contributed by atoms with E-state index in [-0.39, 0.29) is 18.2 Å². The lowest BCUT2D eigenvalue weighted by molar-refractivity contribution is -0.115. The predicted octanol–water partition coefficient (Wildman–Crippen LogP) is 1.71. The van der Waals surface area contributed by atoms with Gasteiger partial charge in [0, 0.05) is 44.8 Å². The molecular weight excluding hydrogens is 328 g/mol. The van der Waals surface area contributed by atoms with E-state index in [1.807, 2.05) is 6.07 Å². The number of fused-ring (bicyclic) bond motifs is 1. The third-order valence-corrected chi connectivity index (χ3v) is 4.11. The van der Waals surface area contributed by atoms with Crippen LogP contribution in [0.3, 0.4) is 0 Å². The van der Waals surface area contributed by atoms with Gasteiger partial charge in [-0.1, -0.05) is 30.8 Å². The van der Waals surface area contributed by atoms with E-state index < -0.39 is 6.10 Å². The maximum atomic E-state index is 12.2. The number of hydrogen-bond acceptors (Lipinski definition) is 5. The van der Waals surface area contributed by atoms with Crippen LogP contribution in [-0.2, 0) is 17.8 Å². The van der Waals surface area contributed by atoms with Crippen molar-refractivity contribution in [3.05, 3.63) is 60.4 Å². The molecule has 6 nitrogen and oxygen atoms in total. The highest BCUT2D eigenvalue weighted by Gasteiger charge is 2.19. The summed E-state index contributed by atoms with van der Waals surface area (Å²) < 4.78 is 0. The average molecular weight is 354 g/mol. The van der Waals surface area contributed by atoms with Crippen molar-refractivity contribution in [2.75, 3.05) is 19.6 Å². The van der Waals surface area contributed by atoms with Crippen LogP contribution in [0.2, 0.25) is 0 Å². The molecule has 0 saturated heterocycles. The Balaban J connectivity index is 1.82. The number of hydrogen-bond donors (Lipinski definition) is 2. The number of nitrogens with one attached hydrogen (secondary N) is 1. The van der Waals surface area contributed by atoms with Gasteiger partial charge in [0.15, 0.2) is 0 Å². The Morgan fingerprint density at radius 2 is 2.19 bits per heavy atom. The molecule has 1 aromatic carbocycles. The van der Waals surface area contributed by atoms with E-state index in [2.05, 4.69) is 45.0 Å². The quantitative estimate of drug-likeness (QED) is 0.698. The summed E-state index contributed by atoms with van der Waals surface area (Å²) in [7, 11) is 0. The van der Waals surface area contributed by atoms with Crippen molar-refractivity contribution in [2.45, 2.75) is 26.0 Å². The van der Waals surface area contributed by atoms with Crippen LogP contribution in [0, 0.1) is 0 Å². The number of β-amino-alcohol motifs (C(OH)–C–C–N with tert-alkyl or cyclic N) is 1. The SMILES string of the molecule is C=CN=C(/C=C\N=CC)C(=O)NC[C@@H](O)CN1CCc2ccccc2C1. The lowest BCUT2D eigenvalue weighted by Crippen LogP contribution is -2.43. The number of aliphatic hydroxyl groups excluding tert-OH is 1. The lowest BCUT2D eigenvalue weighted by atomic mass is 10.00. The van der Waals surface area contributed by atoms with E-state index in [1.165, 1.54) is 29.6 Å². The van der Waals surface area contributed by atoms with Gasteiger partial charge in [-0.2, -0.15) is 0 Å². The van der Waals surface area contributed by atoms with Crippen molar-refractivity contribution in [1.82, 2.24) is 10.2 Å². The molecule has 2 rings (SSSR count). The summed E-state index contributed by atoms with van der Waals surface area (Å²) in [5, 5.41) is 13.0. The number of amides is 1. The Morgan fingerprint density at radius 3 is 2.92 bits per heavy atom. The number of carbonyl (C=O) groups excluding carboxylic acids is 1. The summed E-state index contributed by atoms with van der Waals surface area (Å²) in [5.41, 5.74) is 2.88. The molecule has 2 N–H and O–H groups in total. The highest BCUT2D eigenvalue weighted by molar-refractivity contribution is 6.43. The normalized spacial score (nSPS) is 16.6. The van der Waals surface area contributed by atoms with Crippen LogP contribution < -0.4 is 5.32 Å². The fourth-order valence-electron chi connectivity index (χ4n) is 2.85. The zero-order chi connectivity index (χ0) is 18.8. The molecule has 1 heterocycles. The van der Waals surface area contributed by atoms with E-state index in [0.29, 0.717) is 6.54 Å².